The molecule has 21 heavy (non-hydrogen) atoms. The molecule has 0 aromatic heterocycles. The zero-order chi connectivity index (χ0) is 16.0. The molecule has 1 aromatic rings. The molecular formula is C13H18F3N3O2. The molecule has 2 atom stereocenters. The summed E-state index contributed by atoms with van der Waals surface area (Å²) < 4.78 is 43.5. The van der Waals surface area contributed by atoms with Gasteiger partial charge in [-0.05, 0) is 24.6 Å². The summed E-state index contributed by atoms with van der Waals surface area (Å²) >= 11 is 0. The van der Waals surface area contributed by atoms with Crippen molar-refractivity contribution in [3.63, 3.8) is 0 Å². The topological polar surface area (TPSA) is 79.9 Å². The van der Waals surface area contributed by atoms with E-state index in [1.165, 1.54) is 7.11 Å². The highest BCUT2D eigenvalue weighted by Gasteiger charge is 2.42. The van der Waals surface area contributed by atoms with Gasteiger partial charge in [0.2, 0.25) is 0 Å². The molecule has 1 unspecified atom stereocenters. The molecule has 1 rings (SSSR count). The molecule has 0 aliphatic heterocycles. The lowest BCUT2D eigenvalue weighted by Crippen LogP contribution is -2.43. The molecule has 0 bridgehead atoms. The van der Waals surface area contributed by atoms with Crippen molar-refractivity contribution in [2.45, 2.75) is 19.1 Å². The van der Waals surface area contributed by atoms with Crippen molar-refractivity contribution < 1.29 is 23.1 Å². The van der Waals surface area contributed by atoms with Crippen molar-refractivity contribution in [2.75, 3.05) is 13.7 Å². The van der Waals surface area contributed by atoms with Crippen molar-refractivity contribution in [1.29, 1.82) is 0 Å². The lowest BCUT2D eigenvalue weighted by molar-refractivity contribution is -0.155. The molecule has 118 valence electrons. The second-order valence-electron chi connectivity index (χ2n) is 4.53. The van der Waals surface area contributed by atoms with Crippen LogP contribution in [0.15, 0.2) is 29.4 Å². The Bertz CT molecular complexity index is 492. The fourth-order valence-corrected chi connectivity index (χ4v) is 1.78. The maximum Gasteiger partial charge on any atom is 0.400 e. The Labute approximate surface area is 120 Å². The summed E-state index contributed by atoms with van der Waals surface area (Å²) in [4.78, 5) is 0. The first kappa shape index (κ1) is 17.1. The average Bonchev–Trinajstić information content (AvgIpc) is 2.45. The Balaban J connectivity index is 2.75. The fourth-order valence-electron chi connectivity index (χ4n) is 1.78. The van der Waals surface area contributed by atoms with E-state index in [1.807, 2.05) is 0 Å². The Hall–Kier alpha value is -1.96. The van der Waals surface area contributed by atoms with E-state index >= 15 is 0 Å². The molecule has 0 saturated heterocycles. The molecule has 0 amide bonds. The van der Waals surface area contributed by atoms with Gasteiger partial charge in [0.05, 0.1) is 7.11 Å². The number of nitrogens with two attached hydrogens (primary N) is 1. The van der Waals surface area contributed by atoms with Crippen LogP contribution in [-0.2, 0) is 0 Å². The van der Waals surface area contributed by atoms with E-state index in [0.717, 1.165) is 5.56 Å². The minimum atomic E-state index is -4.59. The van der Waals surface area contributed by atoms with Gasteiger partial charge in [0, 0.05) is 12.6 Å². The summed E-state index contributed by atoms with van der Waals surface area (Å²) in [6.07, 6.45) is -4.59. The van der Waals surface area contributed by atoms with Crippen LogP contribution in [0.5, 0.6) is 5.75 Å². The van der Waals surface area contributed by atoms with Crippen LogP contribution in [-0.4, -0.2) is 30.9 Å². The number of amidine groups is 1. The molecule has 8 heteroatoms. The number of rotatable bonds is 6. The van der Waals surface area contributed by atoms with Gasteiger partial charge in [0.1, 0.15) is 11.7 Å². The standard InChI is InChI=1S/C13H18F3N3O2/c1-8(9-4-3-5-10(6-9)21-2)18-7-11(12(17)19-20)13(14,15)16/h3-6,8,11,18,20H,7H2,1-2H3,(H2,17,19)/t8-,11?/m0/s1. The van der Waals surface area contributed by atoms with Crippen molar-refractivity contribution in [3.8, 4) is 5.75 Å². The third-order valence-corrected chi connectivity index (χ3v) is 3.09. The number of halogens is 3. The van der Waals surface area contributed by atoms with Gasteiger partial charge in [0.15, 0.2) is 5.84 Å². The number of oxime groups is 1. The zero-order valence-electron chi connectivity index (χ0n) is 11.7. The summed E-state index contributed by atoms with van der Waals surface area (Å²) in [6.45, 7) is 1.23. The molecule has 0 aliphatic rings. The number of benzene rings is 1. The summed E-state index contributed by atoms with van der Waals surface area (Å²) in [5, 5.41) is 13.6. The number of ether oxygens (including phenoxy) is 1. The van der Waals surface area contributed by atoms with Crippen LogP contribution < -0.4 is 15.8 Å². The fraction of sp³-hybridized carbons (Fsp3) is 0.462. The Kier molecular flexibility index (Phi) is 5.83. The van der Waals surface area contributed by atoms with Crippen LogP contribution in [0.3, 0.4) is 0 Å². The Morgan fingerprint density at radius 1 is 1.48 bits per heavy atom. The number of nitrogens with zero attached hydrogens (tertiary/aromatic N) is 1. The summed E-state index contributed by atoms with van der Waals surface area (Å²) in [6, 6.07) is 6.63. The highest BCUT2D eigenvalue weighted by molar-refractivity contribution is 5.83. The van der Waals surface area contributed by atoms with Gasteiger partial charge in [0.25, 0.3) is 0 Å². The summed E-state index contributed by atoms with van der Waals surface area (Å²) in [7, 11) is 1.51. The van der Waals surface area contributed by atoms with Crippen molar-refractivity contribution in [3.05, 3.63) is 29.8 Å². The minimum Gasteiger partial charge on any atom is -0.497 e. The second kappa shape index (κ2) is 7.16. The second-order valence-corrected chi connectivity index (χ2v) is 4.53. The smallest absolute Gasteiger partial charge is 0.400 e. The van der Waals surface area contributed by atoms with Crippen LogP contribution in [0.2, 0.25) is 0 Å². The highest BCUT2D eigenvalue weighted by atomic mass is 19.4. The molecule has 0 aliphatic carbocycles. The predicted molar refractivity (Wildman–Crippen MR) is 72.4 cm³/mol. The minimum absolute atomic E-state index is 0.351. The van der Waals surface area contributed by atoms with Crippen LogP contribution >= 0.6 is 0 Å². The first-order chi connectivity index (χ1) is 9.79. The molecule has 0 heterocycles. The third kappa shape index (κ3) is 4.82. The normalized spacial score (nSPS) is 15.6. The zero-order valence-corrected chi connectivity index (χ0v) is 11.7. The molecule has 0 fully saturated rings. The van der Waals surface area contributed by atoms with E-state index in [0.29, 0.717) is 5.75 Å². The molecule has 5 nitrogen and oxygen atoms in total. The van der Waals surface area contributed by atoms with Gasteiger partial charge < -0.3 is 21.0 Å². The van der Waals surface area contributed by atoms with E-state index in [-0.39, 0.29) is 6.04 Å². The number of hydrogen-bond acceptors (Lipinski definition) is 4. The molecule has 1 aromatic carbocycles. The lowest BCUT2D eigenvalue weighted by atomic mass is 10.1. The van der Waals surface area contributed by atoms with Crippen LogP contribution in [0.25, 0.3) is 0 Å². The van der Waals surface area contributed by atoms with Gasteiger partial charge in [-0.25, -0.2) is 0 Å². The maximum absolute atomic E-state index is 12.8. The summed E-state index contributed by atoms with van der Waals surface area (Å²) in [5.41, 5.74) is 5.87. The first-order valence-electron chi connectivity index (χ1n) is 6.21. The molecule has 0 saturated carbocycles. The van der Waals surface area contributed by atoms with E-state index in [4.69, 9.17) is 15.7 Å². The van der Waals surface area contributed by atoms with Crippen molar-refractivity contribution in [1.82, 2.24) is 5.32 Å². The van der Waals surface area contributed by atoms with Gasteiger partial charge in [-0.2, -0.15) is 13.2 Å². The quantitative estimate of drug-likeness (QED) is 0.326. The summed E-state index contributed by atoms with van der Waals surface area (Å²) in [5.74, 6) is -2.30. The Morgan fingerprint density at radius 3 is 2.67 bits per heavy atom. The van der Waals surface area contributed by atoms with E-state index in [2.05, 4.69) is 10.5 Å². The largest absolute Gasteiger partial charge is 0.497 e. The SMILES string of the molecule is COc1cccc([C@H](C)NCC(/C(N)=N/O)C(F)(F)F)c1. The van der Waals surface area contributed by atoms with Gasteiger partial charge in [-0.15, -0.1) is 0 Å². The number of nitrogens with one attached hydrogen (secondary N) is 1. The third-order valence-electron chi connectivity index (χ3n) is 3.09. The molecule has 0 spiro atoms. The average molecular weight is 305 g/mol. The first-order valence-corrected chi connectivity index (χ1v) is 6.21. The van der Waals surface area contributed by atoms with Crippen molar-refractivity contribution in [2.24, 2.45) is 16.8 Å². The maximum atomic E-state index is 12.8. The van der Waals surface area contributed by atoms with Gasteiger partial charge >= 0.3 is 6.18 Å². The monoisotopic (exact) mass is 305 g/mol. The predicted octanol–water partition coefficient (Wildman–Crippen LogP) is 2.27. The Morgan fingerprint density at radius 2 is 2.14 bits per heavy atom. The van der Waals surface area contributed by atoms with Crippen molar-refractivity contribution >= 4 is 5.84 Å². The van der Waals surface area contributed by atoms with Gasteiger partial charge in [-0.3, -0.25) is 0 Å². The molecular weight excluding hydrogens is 287 g/mol. The van der Waals surface area contributed by atoms with E-state index in [9.17, 15) is 13.2 Å². The molecule has 0 radical (unpaired) electrons. The number of alkyl halides is 3. The number of methoxy groups -OCH3 is 1. The van der Waals surface area contributed by atoms with E-state index in [1.54, 1.807) is 31.2 Å². The molecule has 4 N–H and O–H groups in total. The number of hydrogen-bond donors (Lipinski definition) is 3. The highest BCUT2D eigenvalue weighted by Crippen LogP contribution is 2.27. The van der Waals surface area contributed by atoms with Crippen LogP contribution in [0.1, 0.15) is 18.5 Å². The van der Waals surface area contributed by atoms with Crippen LogP contribution in [0, 0.1) is 5.92 Å². The van der Waals surface area contributed by atoms with E-state index < -0.39 is 24.5 Å². The lowest BCUT2D eigenvalue weighted by Gasteiger charge is -2.22. The van der Waals surface area contributed by atoms with Crippen LogP contribution in [0.4, 0.5) is 13.2 Å². The van der Waals surface area contributed by atoms with Gasteiger partial charge in [-0.1, -0.05) is 17.3 Å².